The van der Waals surface area contributed by atoms with E-state index in [0.29, 0.717) is 5.02 Å². The second-order valence-corrected chi connectivity index (χ2v) is 5.89. The van der Waals surface area contributed by atoms with E-state index in [1.807, 2.05) is 48.7 Å². The first-order valence-electron chi connectivity index (χ1n) is 7.62. The molecule has 3 nitrogen and oxygen atoms in total. The van der Waals surface area contributed by atoms with Crippen LogP contribution in [-0.2, 0) is 0 Å². The molecule has 4 rings (SSSR count). The number of fused-ring (bicyclic) bond motifs is 2. The number of anilines is 1. The molecule has 0 aliphatic rings. The number of pyridine rings is 1. The molecule has 0 unspecified atom stereocenters. The van der Waals surface area contributed by atoms with E-state index in [2.05, 4.69) is 39.8 Å². The number of hydrogen-bond acceptors (Lipinski definition) is 3. The first-order valence-corrected chi connectivity index (χ1v) is 8.00. The van der Waals surface area contributed by atoms with Gasteiger partial charge in [-0.15, -0.1) is 0 Å². The fourth-order valence-corrected chi connectivity index (χ4v) is 2.92. The van der Waals surface area contributed by atoms with E-state index in [9.17, 15) is 0 Å². The molecule has 0 saturated heterocycles. The third-order valence-corrected chi connectivity index (χ3v) is 4.15. The SMILES string of the molecule is Clc1ccc2c(N/N=C\c3cccc4ccccc34)ccnc2c1. The third kappa shape index (κ3) is 2.82. The van der Waals surface area contributed by atoms with Crippen molar-refractivity contribution in [3.8, 4) is 0 Å². The molecule has 1 aromatic heterocycles. The van der Waals surface area contributed by atoms with E-state index in [1.54, 1.807) is 6.20 Å². The number of rotatable bonds is 3. The molecule has 0 amide bonds. The molecule has 0 aliphatic carbocycles. The molecule has 4 aromatic rings. The van der Waals surface area contributed by atoms with Gasteiger partial charge in [0.15, 0.2) is 0 Å². The van der Waals surface area contributed by atoms with Gasteiger partial charge in [0.05, 0.1) is 17.4 Å². The first-order chi connectivity index (χ1) is 11.8. The molecule has 0 saturated carbocycles. The molecule has 116 valence electrons. The molecular weight excluding hydrogens is 318 g/mol. The van der Waals surface area contributed by atoms with Crippen molar-refractivity contribution in [2.24, 2.45) is 5.10 Å². The predicted octanol–water partition coefficient (Wildman–Crippen LogP) is 5.49. The lowest BCUT2D eigenvalue weighted by Crippen LogP contribution is -1.93. The van der Waals surface area contributed by atoms with Gasteiger partial charge >= 0.3 is 0 Å². The van der Waals surface area contributed by atoms with Crippen molar-refractivity contribution in [2.45, 2.75) is 0 Å². The fourth-order valence-electron chi connectivity index (χ4n) is 2.75. The Morgan fingerprint density at radius 1 is 0.917 bits per heavy atom. The number of nitrogens with one attached hydrogen (secondary N) is 1. The van der Waals surface area contributed by atoms with Crippen molar-refractivity contribution in [1.82, 2.24) is 4.98 Å². The van der Waals surface area contributed by atoms with E-state index in [1.165, 1.54) is 10.8 Å². The minimum absolute atomic E-state index is 0.673. The largest absolute Gasteiger partial charge is 0.278 e. The van der Waals surface area contributed by atoms with Gasteiger partial charge < -0.3 is 0 Å². The monoisotopic (exact) mass is 331 g/mol. The van der Waals surface area contributed by atoms with Gasteiger partial charge in [0.25, 0.3) is 0 Å². The maximum Gasteiger partial charge on any atom is 0.0738 e. The van der Waals surface area contributed by atoms with E-state index in [-0.39, 0.29) is 0 Å². The normalized spacial score (nSPS) is 11.4. The minimum Gasteiger partial charge on any atom is -0.278 e. The highest BCUT2D eigenvalue weighted by Gasteiger charge is 2.02. The number of hydrazone groups is 1. The van der Waals surface area contributed by atoms with Crippen molar-refractivity contribution in [1.29, 1.82) is 0 Å². The van der Waals surface area contributed by atoms with E-state index < -0.39 is 0 Å². The summed E-state index contributed by atoms with van der Waals surface area (Å²) in [5, 5.41) is 8.43. The van der Waals surface area contributed by atoms with E-state index in [4.69, 9.17) is 11.6 Å². The maximum absolute atomic E-state index is 6.02. The zero-order valence-corrected chi connectivity index (χ0v) is 13.5. The summed E-state index contributed by atoms with van der Waals surface area (Å²) in [5.41, 5.74) is 5.92. The Hall–Kier alpha value is -2.91. The van der Waals surface area contributed by atoms with Crippen molar-refractivity contribution < 1.29 is 0 Å². The summed E-state index contributed by atoms with van der Waals surface area (Å²) in [6.07, 6.45) is 3.58. The minimum atomic E-state index is 0.673. The highest BCUT2D eigenvalue weighted by molar-refractivity contribution is 6.31. The van der Waals surface area contributed by atoms with Gasteiger partial charge in [-0.25, -0.2) is 0 Å². The van der Waals surface area contributed by atoms with Crippen LogP contribution in [0.3, 0.4) is 0 Å². The summed E-state index contributed by atoms with van der Waals surface area (Å²) in [5.74, 6) is 0. The molecule has 0 spiro atoms. The molecule has 0 radical (unpaired) electrons. The molecule has 0 atom stereocenters. The molecule has 3 aromatic carbocycles. The Morgan fingerprint density at radius 2 is 1.79 bits per heavy atom. The average Bonchev–Trinajstić information content (AvgIpc) is 2.62. The van der Waals surface area contributed by atoms with Crippen LogP contribution in [0.4, 0.5) is 5.69 Å². The van der Waals surface area contributed by atoms with Crippen molar-refractivity contribution in [2.75, 3.05) is 5.43 Å². The second-order valence-electron chi connectivity index (χ2n) is 5.46. The Bertz CT molecular complexity index is 1050. The van der Waals surface area contributed by atoms with Gasteiger partial charge in [-0.1, -0.05) is 54.1 Å². The van der Waals surface area contributed by atoms with Gasteiger partial charge in [-0.3, -0.25) is 10.4 Å². The standard InChI is InChI=1S/C20H14ClN3/c21-16-8-9-18-19(10-11-22-20(18)12-16)24-23-13-15-6-3-5-14-4-1-2-7-17(14)15/h1-13H,(H,22,24)/b23-13-. The topological polar surface area (TPSA) is 37.3 Å². The zero-order valence-electron chi connectivity index (χ0n) is 12.8. The Morgan fingerprint density at radius 3 is 2.75 bits per heavy atom. The van der Waals surface area contributed by atoms with Gasteiger partial charge in [-0.2, -0.15) is 5.10 Å². The van der Waals surface area contributed by atoms with Crippen LogP contribution in [0.1, 0.15) is 5.56 Å². The number of benzene rings is 3. The fraction of sp³-hybridized carbons (Fsp3) is 0. The molecule has 4 heteroatoms. The van der Waals surface area contributed by atoms with Crippen molar-refractivity contribution in [3.05, 3.63) is 83.5 Å². The quantitative estimate of drug-likeness (QED) is 0.398. The zero-order chi connectivity index (χ0) is 16.4. The Labute approximate surface area is 144 Å². The summed E-state index contributed by atoms with van der Waals surface area (Å²) >= 11 is 6.02. The lowest BCUT2D eigenvalue weighted by molar-refractivity contribution is 1.33. The number of nitrogens with zero attached hydrogens (tertiary/aromatic N) is 2. The van der Waals surface area contributed by atoms with Crippen LogP contribution in [-0.4, -0.2) is 11.2 Å². The lowest BCUT2D eigenvalue weighted by atomic mass is 10.1. The summed E-state index contributed by atoms with van der Waals surface area (Å²) in [6, 6.07) is 22.0. The van der Waals surface area contributed by atoms with Gasteiger partial charge in [-0.05, 0) is 35.0 Å². The van der Waals surface area contributed by atoms with Crippen LogP contribution in [0.15, 0.2) is 78.0 Å². The molecule has 0 fully saturated rings. The van der Waals surface area contributed by atoms with Crippen LogP contribution < -0.4 is 5.43 Å². The summed E-state index contributed by atoms with van der Waals surface area (Å²) < 4.78 is 0. The maximum atomic E-state index is 6.02. The summed E-state index contributed by atoms with van der Waals surface area (Å²) in [4.78, 5) is 4.33. The van der Waals surface area contributed by atoms with Crippen molar-refractivity contribution in [3.63, 3.8) is 0 Å². The number of hydrogen-bond donors (Lipinski definition) is 1. The highest BCUT2D eigenvalue weighted by atomic mass is 35.5. The lowest BCUT2D eigenvalue weighted by Gasteiger charge is -2.06. The molecule has 24 heavy (non-hydrogen) atoms. The molecule has 0 aliphatic heterocycles. The Kier molecular flexibility index (Phi) is 3.85. The van der Waals surface area contributed by atoms with Crippen LogP contribution in [0.5, 0.6) is 0 Å². The molecule has 1 heterocycles. The van der Waals surface area contributed by atoms with Crippen LogP contribution in [0.25, 0.3) is 21.7 Å². The first kappa shape index (κ1) is 14.7. The van der Waals surface area contributed by atoms with Crippen molar-refractivity contribution >= 4 is 45.2 Å². The van der Waals surface area contributed by atoms with Gasteiger partial charge in [0, 0.05) is 22.2 Å². The van der Waals surface area contributed by atoms with E-state index >= 15 is 0 Å². The Balaban J connectivity index is 1.66. The summed E-state index contributed by atoms with van der Waals surface area (Å²) in [6.45, 7) is 0. The number of aromatic nitrogens is 1. The second kappa shape index (κ2) is 6.30. The third-order valence-electron chi connectivity index (χ3n) is 3.92. The van der Waals surface area contributed by atoms with Gasteiger partial charge in [0.2, 0.25) is 0 Å². The van der Waals surface area contributed by atoms with Crippen LogP contribution in [0.2, 0.25) is 5.02 Å². The van der Waals surface area contributed by atoms with Gasteiger partial charge in [0.1, 0.15) is 0 Å². The summed E-state index contributed by atoms with van der Waals surface area (Å²) in [7, 11) is 0. The molecule has 0 bridgehead atoms. The van der Waals surface area contributed by atoms with E-state index in [0.717, 1.165) is 22.2 Å². The van der Waals surface area contributed by atoms with Crippen LogP contribution in [0, 0.1) is 0 Å². The predicted molar refractivity (Wildman–Crippen MR) is 102 cm³/mol. The molecular formula is C20H14ClN3. The number of halogens is 1. The average molecular weight is 332 g/mol. The van der Waals surface area contributed by atoms with Crippen LogP contribution >= 0.6 is 11.6 Å². The molecule has 1 N–H and O–H groups in total. The smallest absolute Gasteiger partial charge is 0.0738 e. The highest BCUT2D eigenvalue weighted by Crippen LogP contribution is 2.24.